The Morgan fingerprint density at radius 1 is 1.32 bits per heavy atom. The maximum absolute atomic E-state index is 5.85. The van der Waals surface area contributed by atoms with Crippen molar-refractivity contribution in [3.8, 4) is 5.75 Å². The van der Waals surface area contributed by atoms with E-state index in [1.165, 1.54) is 6.33 Å². The van der Waals surface area contributed by atoms with E-state index in [2.05, 4.69) is 15.4 Å². The number of anilines is 1. The van der Waals surface area contributed by atoms with Crippen LogP contribution < -0.4 is 16.0 Å². The van der Waals surface area contributed by atoms with Gasteiger partial charge in [0.05, 0.1) is 7.11 Å². The van der Waals surface area contributed by atoms with Gasteiger partial charge in [-0.05, 0) is 17.7 Å². The minimum Gasteiger partial charge on any atom is -0.490 e. The molecule has 7 heteroatoms. The molecule has 2 aromatic rings. The number of nitrogens with one attached hydrogen (secondary N) is 1. The fourth-order valence-corrected chi connectivity index (χ4v) is 2.53. The lowest BCUT2D eigenvalue weighted by molar-refractivity contribution is 0.400. The first-order chi connectivity index (χ1) is 9.24. The molecule has 1 heterocycles. The number of methoxy groups -OCH3 is 1. The Bertz CT molecular complexity index is 550. The lowest BCUT2D eigenvalue weighted by Crippen LogP contribution is -2.10. The van der Waals surface area contributed by atoms with Gasteiger partial charge in [0.15, 0.2) is 11.6 Å². The van der Waals surface area contributed by atoms with Crippen LogP contribution in [0.5, 0.6) is 5.75 Å². The molecule has 100 valence electrons. The maximum Gasteiger partial charge on any atom is 0.195 e. The molecule has 0 aliphatic rings. The third kappa shape index (κ3) is 3.50. The number of hydrazine groups is 1. The fraction of sp³-hybridized carbons (Fsp3) is 0.167. The monoisotopic (exact) mass is 296 g/mol. The van der Waals surface area contributed by atoms with Crippen molar-refractivity contribution >= 4 is 29.2 Å². The van der Waals surface area contributed by atoms with Crippen molar-refractivity contribution in [3.63, 3.8) is 0 Å². The summed E-state index contributed by atoms with van der Waals surface area (Å²) in [7, 11) is 1.56. The summed E-state index contributed by atoms with van der Waals surface area (Å²) in [5, 5.41) is 1.46. The minimum absolute atomic E-state index is 0.469. The van der Waals surface area contributed by atoms with Gasteiger partial charge in [0.25, 0.3) is 0 Å². The number of nitrogen functional groups attached to an aromatic ring is 1. The normalized spacial score (nSPS) is 10.3. The summed E-state index contributed by atoms with van der Waals surface area (Å²) < 4.78 is 5.27. The highest BCUT2D eigenvalue weighted by Crippen LogP contribution is 2.33. The van der Waals surface area contributed by atoms with Gasteiger partial charge in [0, 0.05) is 10.8 Å². The summed E-state index contributed by atoms with van der Waals surface area (Å²) in [4.78, 5) is 8.19. The molecule has 0 bridgehead atoms. The Kier molecular flexibility index (Phi) is 4.84. The molecule has 0 fully saturated rings. The first-order valence-corrected chi connectivity index (χ1v) is 6.83. The highest BCUT2D eigenvalue weighted by molar-refractivity contribution is 7.98. The van der Waals surface area contributed by atoms with Crippen LogP contribution in [0.4, 0.5) is 5.82 Å². The van der Waals surface area contributed by atoms with E-state index >= 15 is 0 Å². The Labute approximate surface area is 120 Å². The van der Waals surface area contributed by atoms with Crippen LogP contribution in [0.15, 0.2) is 35.6 Å². The van der Waals surface area contributed by atoms with Gasteiger partial charge in [-0.15, -0.1) is 0 Å². The molecule has 0 saturated heterocycles. The van der Waals surface area contributed by atoms with E-state index in [0.717, 1.165) is 21.4 Å². The van der Waals surface area contributed by atoms with Crippen LogP contribution >= 0.6 is 23.4 Å². The van der Waals surface area contributed by atoms with Crippen molar-refractivity contribution in [1.29, 1.82) is 0 Å². The lowest BCUT2D eigenvalue weighted by Gasteiger charge is -2.10. The van der Waals surface area contributed by atoms with Crippen LogP contribution in [0.1, 0.15) is 5.56 Å². The van der Waals surface area contributed by atoms with E-state index in [-0.39, 0.29) is 0 Å². The van der Waals surface area contributed by atoms with Crippen LogP contribution in [0.25, 0.3) is 0 Å². The standard InChI is InChI=1S/C12H13ClN4OS/c1-18-10-11(17-14)15-7-16-12(10)19-6-8-2-4-9(13)5-3-8/h2-5,7H,6,14H2,1H3,(H,15,16,17). The molecule has 19 heavy (non-hydrogen) atoms. The largest absolute Gasteiger partial charge is 0.490 e. The van der Waals surface area contributed by atoms with E-state index in [1.807, 2.05) is 24.3 Å². The predicted octanol–water partition coefficient (Wildman–Crippen LogP) is 2.72. The zero-order chi connectivity index (χ0) is 13.7. The van der Waals surface area contributed by atoms with Crippen molar-refractivity contribution in [1.82, 2.24) is 9.97 Å². The third-order valence-electron chi connectivity index (χ3n) is 2.40. The molecule has 0 spiro atoms. The van der Waals surface area contributed by atoms with E-state index in [9.17, 15) is 0 Å². The number of rotatable bonds is 5. The van der Waals surface area contributed by atoms with Gasteiger partial charge in [0.2, 0.25) is 0 Å². The number of benzene rings is 1. The second-order valence-corrected chi connectivity index (χ2v) is 5.02. The molecular formula is C12H13ClN4OS. The zero-order valence-electron chi connectivity index (χ0n) is 10.3. The molecule has 0 atom stereocenters. The maximum atomic E-state index is 5.85. The summed E-state index contributed by atoms with van der Waals surface area (Å²) in [6.07, 6.45) is 1.45. The molecule has 0 unspecified atom stereocenters. The Hall–Kier alpha value is -1.50. The molecule has 1 aromatic heterocycles. The molecule has 0 aliphatic carbocycles. The van der Waals surface area contributed by atoms with Crippen LogP contribution in [-0.2, 0) is 5.75 Å². The van der Waals surface area contributed by atoms with Crippen LogP contribution in [-0.4, -0.2) is 17.1 Å². The molecule has 0 radical (unpaired) electrons. The van der Waals surface area contributed by atoms with Crippen LogP contribution in [0.3, 0.4) is 0 Å². The Morgan fingerprint density at radius 3 is 2.68 bits per heavy atom. The summed E-state index contributed by atoms with van der Waals surface area (Å²) in [6.45, 7) is 0. The van der Waals surface area contributed by atoms with E-state index in [0.29, 0.717) is 11.6 Å². The second kappa shape index (κ2) is 6.60. The van der Waals surface area contributed by atoms with Crippen molar-refractivity contribution in [2.24, 2.45) is 5.84 Å². The van der Waals surface area contributed by atoms with Gasteiger partial charge in [-0.25, -0.2) is 15.8 Å². The number of nitrogens with two attached hydrogens (primary N) is 1. The molecule has 5 nitrogen and oxygen atoms in total. The van der Waals surface area contributed by atoms with Gasteiger partial charge < -0.3 is 10.2 Å². The highest BCUT2D eigenvalue weighted by Gasteiger charge is 2.11. The van der Waals surface area contributed by atoms with Gasteiger partial charge in [-0.1, -0.05) is 35.5 Å². The third-order valence-corrected chi connectivity index (χ3v) is 3.69. The highest BCUT2D eigenvalue weighted by atomic mass is 35.5. The number of hydrogen-bond donors (Lipinski definition) is 2. The van der Waals surface area contributed by atoms with Crippen molar-refractivity contribution in [2.75, 3.05) is 12.5 Å². The molecule has 0 saturated carbocycles. The Balaban J connectivity index is 2.13. The SMILES string of the molecule is COc1c(NN)ncnc1SCc1ccc(Cl)cc1. The molecular weight excluding hydrogens is 284 g/mol. The number of nitrogens with zero attached hydrogens (tertiary/aromatic N) is 2. The second-order valence-electron chi connectivity index (χ2n) is 3.62. The minimum atomic E-state index is 0.469. The number of aromatic nitrogens is 2. The summed E-state index contributed by atoms with van der Waals surface area (Å²) in [6, 6.07) is 7.68. The molecule has 2 rings (SSSR count). The van der Waals surface area contributed by atoms with Gasteiger partial charge in [0.1, 0.15) is 11.4 Å². The van der Waals surface area contributed by atoms with Crippen molar-refractivity contribution in [3.05, 3.63) is 41.2 Å². The van der Waals surface area contributed by atoms with Gasteiger partial charge in [-0.2, -0.15) is 0 Å². The predicted molar refractivity (Wildman–Crippen MR) is 77.4 cm³/mol. The fourth-order valence-electron chi connectivity index (χ4n) is 1.48. The quantitative estimate of drug-likeness (QED) is 0.382. The summed E-state index contributed by atoms with van der Waals surface area (Å²) in [5.41, 5.74) is 3.64. The van der Waals surface area contributed by atoms with Gasteiger partial charge >= 0.3 is 0 Å². The smallest absolute Gasteiger partial charge is 0.195 e. The average molecular weight is 297 g/mol. The first-order valence-electron chi connectivity index (χ1n) is 5.47. The Morgan fingerprint density at radius 2 is 2.05 bits per heavy atom. The molecule has 0 aliphatic heterocycles. The van der Waals surface area contributed by atoms with Crippen LogP contribution in [0, 0.1) is 0 Å². The average Bonchev–Trinajstić information content (AvgIpc) is 2.46. The summed E-state index contributed by atoms with van der Waals surface area (Å²) >= 11 is 7.39. The molecule has 0 amide bonds. The number of thioether (sulfide) groups is 1. The number of hydrogen-bond acceptors (Lipinski definition) is 6. The number of ether oxygens (including phenoxy) is 1. The van der Waals surface area contributed by atoms with E-state index in [1.54, 1.807) is 18.9 Å². The molecule has 1 aromatic carbocycles. The van der Waals surface area contributed by atoms with Crippen molar-refractivity contribution in [2.45, 2.75) is 10.8 Å². The van der Waals surface area contributed by atoms with E-state index < -0.39 is 0 Å². The lowest BCUT2D eigenvalue weighted by atomic mass is 10.2. The summed E-state index contributed by atoms with van der Waals surface area (Å²) in [5.74, 6) is 7.15. The zero-order valence-corrected chi connectivity index (χ0v) is 11.8. The van der Waals surface area contributed by atoms with E-state index in [4.69, 9.17) is 22.2 Å². The van der Waals surface area contributed by atoms with Crippen LogP contribution in [0.2, 0.25) is 5.02 Å². The topological polar surface area (TPSA) is 73.1 Å². The number of halogens is 1. The first kappa shape index (κ1) is 13.9. The van der Waals surface area contributed by atoms with Crippen molar-refractivity contribution < 1.29 is 4.74 Å². The molecule has 3 N–H and O–H groups in total. The van der Waals surface area contributed by atoms with Gasteiger partial charge in [-0.3, -0.25) is 0 Å².